The maximum Gasteiger partial charge on any atom is 0.133 e. The Labute approximate surface area is 134 Å². The van der Waals surface area contributed by atoms with E-state index >= 15 is 0 Å². The molecule has 0 aliphatic carbocycles. The lowest BCUT2D eigenvalue weighted by Gasteiger charge is -2.08. The van der Waals surface area contributed by atoms with E-state index in [2.05, 4.69) is 59.6 Å². The van der Waals surface area contributed by atoms with Crippen molar-refractivity contribution in [2.45, 2.75) is 26.7 Å². The Balaban J connectivity index is 1.78. The molecule has 1 aromatic carbocycles. The Hall–Kier alpha value is -2.07. The zero-order valence-corrected chi connectivity index (χ0v) is 13.7. The highest BCUT2D eigenvalue weighted by Crippen LogP contribution is 2.31. The number of aryl methyl sites for hydroxylation is 2. The van der Waals surface area contributed by atoms with Crippen LogP contribution >= 0.6 is 11.3 Å². The molecule has 1 aliphatic rings. The zero-order chi connectivity index (χ0) is 15.1. The summed E-state index contributed by atoms with van der Waals surface area (Å²) in [5.74, 6) is 1.18. The standard InChI is InChI=1S/C18H19N3S/c1-12-5-6-14(10-13(12)2)21-18-16(7-8-19-18)17(20-21)11-15-4-3-9-22-15/h3-6,9-10,19H,7-8,11H2,1-2H3. The van der Waals surface area contributed by atoms with Crippen LogP contribution in [0.1, 0.15) is 27.3 Å². The topological polar surface area (TPSA) is 29.9 Å². The van der Waals surface area contributed by atoms with Gasteiger partial charge in [-0.1, -0.05) is 12.1 Å². The summed E-state index contributed by atoms with van der Waals surface area (Å²) < 4.78 is 2.08. The number of hydrogen-bond donors (Lipinski definition) is 1. The van der Waals surface area contributed by atoms with Crippen LogP contribution in [-0.2, 0) is 12.8 Å². The molecule has 0 unspecified atom stereocenters. The summed E-state index contributed by atoms with van der Waals surface area (Å²) in [7, 11) is 0. The number of thiophene rings is 1. The normalized spacial score (nSPS) is 13.2. The molecule has 0 amide bonds. The van der Waals surface area contributed by atoms with Crippen LogP contribution in [0.2, 0.25) is 0 Å². The van der Waals surface area contributed by atoms with E-state index in [1.54, 1.807) is 11.3 Å². The van der Waals surface area contributed by atoms with Gasteiger partial charge in [0.15, 0.2) is 0 Å². The fourth-order valence-electron chi connectivity index (χ4n) is 3.01. The summed E-state index contributed by atoms with van der Waals surface area (Å²) in [6, 6.07) is 10.8. The van der Waals surface area contributed by atoms with Gasteiger partial charge in [0.05, 0.1) is 11.4 Å². The fourth-order valence-corrected chi connectivity index (χ4v) is 3.72. The van der Waals surface area contributed by atoms with Gasteiger partial charge in [0.2, 0.25) is 0 Å². The molecule has 3 heterocycles. The van der Waals surface area contributed by atoms with Gasteiger partial charge < -0.3 is 5.32 Å². The maximum absolute atomic E-state index is 4.91. The highest BCUT2D eigenvalue weighted by molar-refractivity contribution is 7.09. The average Bonchev–Trinajstić information content (AvgIpc) is 3.21. The van der Waals surface area contributed by atoms with Crippen molar-refractivity contribution in [2.24, 2.45) is 0 Å². The number of benzene rings is 1. The third-order valence-corrected chi connectivity index (χ3v) is 5.27. The lowest BCUT2D eigenvalue weighted by Crippen LogP contribution is -2.05. The van der Waals surface area contributed by atoms with Crippen LogP contribution in [0.4, 0.5) is 5.82 Å². The van der Waals surface area contributed by atoms with Gasteiger partial charge in [-0.3, -0.25) is 0 Å². The Kier molecular flexibility index (Phi) is 3.26. The van der Waals surface area contributed by atoms with Gasteiger partial charge in [0.1, 0.15) is 5.82 Å². The predicted octanol–water partition coefficient (Wildman–Crippen LogP) is 4.11. The summed E-state index contributed by atoms with van der Waals surface area (Å²) in [5.41, 5.74) is 6.36. The number of rotatable bonds is 3. The highest BCUT2D eigenvalue weighted by Gasteiger charge is 2.23. The third-order valence-electron chi connectivity index (χ3n) is 4.39. The van der Waals surface area contributed by atoms with Gasteiger partial charge >= 0.3 is 0 Å². The van der Waals surface area contributed by atoms with Gasteiger partial charge in [-0.25, -0.2) is 4.68 Å². The van der Waals surface area contributed by atoms with E-state index in [1.807, 2.05) is 0 Å². The van der Waals surface area contributed by atoms with Crippen molar-refractivity contribution in [3.8, 4) is 5.69 Å². The van der Waals surface area contributed by atoms with Gasteiger partial charge in [-0.05, 0) is 55.0 Å². The minimum absolute atomic E-state index is 0.930. The smallest absolute Gasteiger partial charge is 0.133 e. The molecule has 0 atom stereocenters. The molecular weight excluding hydrogens is 290 g/mol. The molecule has 1 N–H and O–H groups in total. The Morgan fingerprint density at radius 3 is 2.91 bits per heavy atom. The first-order chi connectivity index (χ1) is 10.7. The fraction of sp³-hybridized carbons (Fsp3) is 0.278. The molecule has 0 bridgehead atoms. The van der Waals surface area contributed by atoms with Crippen LogP contribution in [0.5, 0.6) is 0 Å². The van der Waals surface area contributed by atoms with E-state index in [0.29, 0.717) is 0 Å². The Morgan fingerprint density at radius 2 is 2.14 bits per heavy atom. The van der Waals surface area contributed by atoms with Crippen molar-refractivity contribution < 1.29 is 0 Å². The first-order valence-electron chi connectivity index (χ1n) is 7.67. The van der Waals surface area contributed by atoms with Crippen LogP contribution in [0, 0.1) is 13.8 Å². The van der Waals surface area contributed by atoms with E-state index in [0.717, 1.165) is 25.1 Å². The van der Waals surface area contributed by atoms with E-state index in [1.165, 1.54) is 33.1 Å². The molecule has 0 spiro atoms. The molecule has 1 aliphatic heterocycles. The number of fused-ring (bicyclic) bond motifs is 1. The first-order valence-corrected chi connectivity index (χ1v) is 8.55. The SMILES string of the molecule is Cc1ccc(-n2nc(Cc3cccs3)c3c2NCC3)cc1C. The second kappa shape index (κ2) is 5.29. The second-order valence-electron chi connectivity index (χ2n) is 5.89. The second-order valence-corrected chi connectivity index (χ2v) is 6.92. The lowest BCUT2D eigenvalue weighted by atomic mass is 10.1. The molecule has 3 nitrogen and oxygen atoms in total. The predicted molar refractivity (Wildman–Crippen MR) is 92.4 cm³/mol. The van der Waals surface area contributed by atoms with Crippen molar-refractivity contribution in [1.82, 2.24) is 9.78 Å². The molecule has 3 aromatic rings. The number of hydrogen-bond acceptors (Lipinski definition) is 3. The Morgan fingerprint density at radius 1 is 1.23 bits per heavy atom. The van der Waals surface area contributed by atoms with E-state index < -0.39 is 0 Å². The van der Waals surface area contributed by atoms with Crippen molar-refractivity contribution >= 4 is 17.2 Å². The third kappa shape index (κ3) is 2.24. The summed E-state index contributed by atoms with van der Waals surface area (Å²) in [4.78, 5) is 1.37. The monoisotopic (exact) mass is 309 g/mol. The van der Waals surface area contributed by atoms with Crippen LogP contribution in [0.15, 0.2) is 35.7 Å². The van der Waals surface area contributed by atoms with Gasteiger partial charge in [-0.15, -0.1) is 11.3 Å². The lowest BCUT2D eigenvalue weighted by molar-refractivity contribution is 0.841. The molecule has 112 valence electrons. The molecule has 4 rings (SSSR count). The molecule has 0 radical (unpaired) electrons. The van der Waals surface area contributed by atoms with Crippen LogP contribution in [-0.4, -0.2) is 16.3 Å². The summed E-state index contributed by atoms with van der Waals surface area (Å²) in [6.45, 7) is 5.31. The zero-order valence-electron chi connectivity index (χ0n) is 12.9. The van der Waals surface area contributed by atoms with Crippen LogP contribution < -0.4 is 5.32 Å². The number of nitrogens with one attached hydrogen (secondary N) is 1. The van der Waals surface area contributed by atoms with Crippen molar-refractivity contribution in [3.63, 3.8) is 0 Å². The minimum Gasteiger partial charge on any atom is -0.369 e. The van der Waals surface area contributed by atoms with Crippen molar-refractivity contribution in [2.75, 3.05) is 11.9 Å². The van der Waals surface area contributed by atoms with Crippen LogP contribution in [0.3, 0.4) is 0 Å². The van der Waals surface area contributed by atoms with Gasteiger partial charge in [0.25, 0.3) is 0 Å². The number of anilines is 1. The van der Waals surface area contributed by atoms with Crippen molar-refractivity contribution in [1.29, 1.82) is 0 Å². The first kappa shape index (κ1) is 13.6. The highest BCUT2D eigenvalue weighted by atomic mass is 32.1. The summed E-state index contributed by atoms with van der Waals surface area (Å²) in [5, 5.41) is 10.5. The Bertz CT molecular complexity index is 815. The number of nitrogens with zero attached hydrogens (tertiary/aromatic N) is 2. The molecule has 4 heteroatoms. The largest absolute Gasteiger partial charge is 0.369 e. The summed E-state index contributed by atoms with van der Waals surface area (Å²) in [6.07, 6.45) is 2.00. The minimum atomic E-state index is 0.930. The molecule has 22 heavy (non-hydrogen) atoms. The van der Waals surface area contributed by atoms with Crippen molar-refractivity contribution in [3.05, 3.63) is 63.0 Å². The van der Waals surface area contributed by atoms with Crippen LogP contribution in [0.25, 0.3) is 5.69 Å². The number of aromatic nitrogens is 2. The van der Waals surface area contributed by atoms with E-state index in [-0.39, 0.29) is 0 Å². The summed E-state index contributed by atoms with van der Waals surface area (Å²) >= 11 is 1.80. The van der Waals surface area contributed by atoms with E-state index in [4.69, 9.17) is 5.10 Å². The van der Waals surface area contributed by atoms with Gasteiger partial charge in [-0.2, -0.15) is 5.10 Å². The maximum atomic E-state index is 4.91. The molecular formula is C18H19N3S. The molecule has 2 aromatic heterocycles. The van der Waals surface area contributed by atoms with Gasteiger partial charge in [0, 0.05) is 23.4 Å². The molecule has 0 saturated carbocycles. The molecule has 0 fully saturated rings. The molecule has 0 saturated heterocycles. The quantitative estimate of drug-likeness (QED) is 0.789. The van der Waals surface area contributed by atoms with E-state index in [9.17, 15) is 0 Å². The average molecular weight is 309 g/mol.